The molecule has 1 aliphatic rings. The molecule has 0 aromatic heterocycles. The van der Waals surface area contributed by atoms with Gasteiger partial charge in [-0.15, -0.1) is 0 Å². The minimum Gasteiger partial charge on any atom is -0.495 e. The smallest absolute Gasteiger partial charge is 0.253 e. The molecule has 26 heavy (non-hydrogen) atoms. The molecule has 0 bridgehead atoms. The summed E-state index contributed by atoms with van der Waals surface area (Å²) in [6.45, 7) is 1.52. The fourth-order valence-electron chi connectivity index (χ4n) is 3.16. The standard InChI is InChI=1S/C19H19Cl2FN2O2/c1-26-18-7-3-2-6-17(18)24-8-4-5-12(11-24)23-19(25)13-9-16(22)15(21)10-14(13)20/h2-3,6-7,9-10,12H,4-5,8,11H2,1H3,(H,23,25). The lowest BCUT2D eigenvalue weighted by molar-refractivity contribution is 0.0933. The number of carbonyl (C=O) groups excluding carboxylic acids is 1. The van der Waals surface area contributed by atoms with Crippen LogP contribution in [0.1, 0.15) is 23.2 Å². The Morgan fingerprint density at radius 3 is 2.81 bits per heavy atom. The van der Waals surface area contributed by atoms with Gasteiger partial charge in [-0.05, 0) is 37.1 Å². The Balaban J connectivity index is 1.72. The van der Waals surface area contributed by atoms with Crippen molar-refractivity contribution in [2.45, 2.75) is 18.9 Å². The molecule has 0 aliphatic carbocycles. The first-order valence-corrected chi connectivity index (χ1v) is 9.08. The number of benzene rings is 2. The number of amides is 1. The van der Waals surface area contributed by atoms with Gasteiger partial charge >= 0.3 is 0 Å². The molecule has 1 fully saturated rings. The van der Waals surface area contributed by atoms with Crippen LogP contribution >= 0.6 is 23.2 Å². The first-order chi connectivity index (χ1) is 12.5. The predicted octanol–water partition coefficient (Wildman–Crippen LogP) is 4.54. The average molecular weight is 397 g/mol. The monoisotopic (exact) mass is 396 g/mol. The Morgan fingerprint density at radius 2 is 2.04 bits per heavy atom. The molecular formula is C19H19Cl2FN2O2. The maximum Gasteiger partial charge on any atom is 0.253 e. The molecule has 3 rings (SSSR count). The molecule has 2 aromatic carbocycles. The lowest BCUT2D eigenvalue weighted by Crippen LogP contribution is -2.48. The molecule has 1 aliphatic heterocycles. The van der Waals surface area contributed by atoms with Gasteiger partial charge in [0.15, 0.2) is 0 Å². The highest BCUT2D eigenvalue weighted by molar-refractivity contribution is 6.36. The van der Waals surface area contributed by atoms with Crippen molar-refractivity contribution >= 4 is 34.8 Å². The maximum absolute atomic E-state index is 13.7. The second-order valence-corrected chi connectivity index (χ2v) is 6.99. The van der Waals surface area contributed by atoms with Crippen molar-refractivity contribution in [2.75, 3.05) is 25.1 Å². The molecule has 0 saturated carbocycles. The van der Waals surface area contributed by atoms with Gasteiger partial charge in [-0.1, -0.05) is 35.3 Å². The first-order valence-electron chi connectivity index (χ1n) is 8.33. The third kappa shape index (κ3) is 4.05. The number of rotatable bonds is 4. The van der Waals surface area contributed by atoms with Crippen molar-refractivity contribution in [3.05, 3.63) is 57.8 Å². The number of carbonyl (C=O) groups is 1. The summed E-state index contributed by atoms with van der Waals surface area (Å²) in [6, 6.07) is 10.0. The van der Waals surface area contributed by atoms with Crippen molar-refractivity contribution in [3.8, 4) is 5.75 Å². The molecule has 138 valence electrons. The normalized spacial score (nSPS) is 17.1. The molecule has 1 unspecified atom stereocenters. The number of piperidine rings is 1. The Hall–Kier alpha value is -1.98. The van der Waals surface area contributed by atoms with E-state index in [-0.39, 0.29) is 21.7 Å². The molecule has 1 N–H and O–H groups in total. The highest BCUT2D eigenvalue weighted by Crippen LogP contribution is 2.30. The number of hydrogen-bond donors (Lipinski definition) is 1. The maximum atomic E-state index is 13.7. The Bertz CT molecular complexity index is 816. The molecule has 0 radical (unpaired) electrons. The second-order valence-electron chi connectivity index (χ2n) is 6.18. The lowest BCUT2D eigenvalue weighted by Gasteiger charge is -2.35. The van der Waals surface area contributed by atoms with Crippen LogP contribution in [0.3, 0.4) is 0 Å². The summed E-state index contributed by atoms with van der Waals surface area (Å²) in [4.78, 5) is 14.7. The summed E-state index contributed by atoms with van der Waals surface area (Å²) in [5.41, 5.74) is 1.08. The van der Waals surface area contributed by atoms with Crippen LogP contribution in [-0.2, 0) is 0 Å². The van der Waals surface area contributed by atoms with Gasteiger partial charge < -0.3 is 15.0 Å². The van der Waals surface area contributed by atoms with Crippen LogP contribution in [0.25, 0.3) is 0 Å². The van der Waals surface area contributed by atoms with Crippen molar-refractivity contribution in [1.29, 1.82) is 0 Å². The fraction of sp³-hybridized carbons (Fsp3) is 0.316. The molecule has 2 aromatic rings. The third-order valence-corrected chi connectivity index (χ3v) is 5.04. The predicted molar refractivity (Wildman–Crippen MR) is 102 cm³/mol. The van der Waals surface area contributed by atoms with Gasteiger partial charge in [0.25, 0.3) is 5.91 Å². The molecule has 7 heteroatoms. The van der Waals surface area contributed by atoms with Gasteiger partial charge in [-0.25, -0.2) is 4.39 Å². The van der Waals surface area contributed by atoms with Crippen LogP contribution < -0.4 is 15.0 Å². The molecule has 4 nitrogen and oxygen atoms in total. The van der Waals surface area contributed by atoms with Gasteiger partial charge in [0.2, 0.25) is 0 Å². The van der Waals surface area contributed by atoms with Crippen molar-refractivity contribution in [2.24, 2.45) is 0 Å². The van der Waals surface area contributed by atoms with E-state index in [1.165, 1.54) is 6.07 Å². The zero-order chi connectivity index (χ0) is 18.7. The van der Waals surface area contributed by atoms with Crippen LogP contribution in [0, 0.1) is 5.82 Å². The largest absolute Gasteiger partial charge is 0.495 e. The highest BCUT2D eigenvalue weighted by Gasteiger charge is 2.24. The van der Waals surface area contributed by atoms with E-state index in [1.807, 2.05) is 24.3 Å². The van der Waals surface area contributed by atoms with Gasteiger partial charge in [-0.2, -0.15) is 0 Å². The van der Waals surface area contributed by atoms with Gasteiger partial charge in [0.1, 0.15) is 11.6 Å². The lowest BCUT2D eigenvalue weighted by atomic mass is 10.0. The van der Waals surface area contributed by atoms with Gasteiger partial charge in [0, 0.05) is 19.1 Å². The van der Waals surface area contributed by atoms with E-state index in [0.717, 1.165) is 36.9 Å². The van der Waals surface area contributed by atoms with E-state index < -0.39 is 11.7 Å². The number of para-hydroxylation sites is 2. The van der Waals surface area contributed by atoms with E-state index in [0.29, 0.717) is 6.54 Å². The van der Waals surface area contributed by atoms with Crippen molar-refractivity contribution < 1.29 is 13.9 Å². The average Bonchev–Trinajstić information content (AvgIpc) is 2.64. The summed E-state index contributed by atoms with van der Waals surface area (Å²) in [6.07, 6.45) is 1.76. The van der Waals surface area contributed by atoms with E-state index >= 15 is 0 Å². The van der Waals surface area contributed by atoms with E-state index in [4.69, 9.17) is 27.9 Å². The highest BCUT2D eigenvalue weighted by atomic mass is 35.5. The minimum atomic E-state index is -0.666. The van der Waals surface area contributed by atoms with E-state index in [2.05, 4.69) is 10.2 Å². The van der Waals surface area contributed by atoms with Crippen LogP contribution in [0.15, 0.2) is 36.4 Å². The van der Waals surface area contributed by atoms with Gasteiger partial charge in [-0.3, -0.25) is 4.79 Å². The zero-order valence-corrected chi connectivity index (χ0v) is 15.8. The first kappa shape index (κ1) is 18.8. The number of methoxy groups -OCH3 is 1. The van der Waals surface area contributed by atoms with Crippen LogP contribution in [0.4, 0.5) is 10.1 Å². The van der Waals surface area contributed by atoms with Crippen LogP contribution in [0.5, 0.6) is 5.75 Å². The molecule has 1 heterocycles. The summed E-state index contributed by atoms with van der Waals surface area (Å²) in [5.74, 6) is -0.278. The van der Waals surface area contributed by atoms with Crippen molar-refractivity contribution in [1.82, 2.24) is 5.32 Å². The number of nitrogens with one attached hydrogen (secondary N) is 1. The summed E-state index contributed by atoms with van der Waals surface area (Å²) in [5, 5.41) is 2.97. The summed E-state index contributed by atoms with van der Waals surface area (Å²) < 4.78 is 19.1. The van der Waals surface area contributed by atoms with Crippen LogP contribution in [0.2, 0.25) is 10.0 Å². The molecule has 1 amide bonds. The summed E-state index contributed by atoms with van der Waals surface area (Å²) >= 11 is 11.7. The number of nitrogens with zero attached hydrogens (tertiary/aromatic N) is 1. The molecule has 0 spiro atoms. The van der Waals surface area contributed by atoms with Crippen LogP contribution in [-0.4, -0.2) is 32.1 Å². The topological polar surface area (TPSA) is 41.6 Å². The zero-order valence-electron chi connectivity index (χ0n) is 14.3. The number of ether oxygens (including phenoxy) is 1. The Morgan fingerprint density at radius 1 is 1.27 bits per heavy atom. The SMILES string of the molecule is COc1ccccc1N1CCCC(NC(=O)c2cc(F)c(Cl)cc2Cl)C1. The number of halogens is 3. The molecule has 1 saturated heterocycles. The fourth-order valence-corrected chi connectivity index (χ4v) is 3.63. The quantitative estimate of drug-likeness (QED) is 0.771. The Kier molecular flexibility index (Phi) is 5.89. The van der Waals surface area contributed by atoms with E-state index in [1.54, 1.807) is 7.11 Å². The number of anilines is 1. The summed E-state index contributed by atoms with van der Waals surface area (Å²) in [7, 11) is 1.64. The Labute approximate surface area is 161 Å². The number of hydrogen-bond acceptors (Lipinski definition) is 3. The van der Waals surface area contributed by atoms with Crippen molar-refractivity contribution in [3.63, 3.8) is 0 Å². The third-order valence-electron chi connectivity index (χ3n) is 4.44. The second kappa shape index (κ2) is 8.14. The van der Waals surface area contributed by atoms with Gasteiger partial charge in [0.05, 0.1) is 28.4 Å². The minimum absolute atomic E-state index is 0.0732. The molecule has 1 atom stereocenters. The van der Waals surface area contributed by atoms with E-state index in [9.17, 15) is 9.18 Å². The molecular weight excluding hydrogens is 378 g/mol.